The Hall–Kier alpha value is -3.29. The number of alkyl halides is 6. The van der Waals surface area contributed by atoms with Crippen LogP contribution in [0.2, 0.25) is 0 Å². The molecule has 3 rings (SSSR count). The van der Waals surface area contributed by atoms with Crippen molar-refractivity contribution in [2.45, 2.75) is 38.2 Å². The molecule has 0 saturated heterocycles. The molecule has 3 aromatic rings. The molecule has 0 aliphatic rings. The third-order valence-corrected chi connectivity index (χ3v) is 4.99. The SMILES string of the molecule is CCCc1ccc(-c2ccc(C=Cc3ccc(OC(F)(F)C(F)C(F)(F)F)c(F)c3)cc2)cc1. The molecule has 1 atom stereocenters. The van der Waals surface area contributed by atoms with Crippen LogP contribution >= 0.6 is 0 Å². The molecule has 0 bridgehead atoms. The van der Waals surface area contributed by atoms with E-state index in [2.05, 4.69) is 23.8 Å². The minimum atomic E-state index is -5.85. The van der Waals surface area contributed by atoms with Crippen molar-refractivity contribution in [3.8, 4) is 16.9 Å². The van der Waals surface area contributed by atoms with Crippen LogP contribution in [0.1, 0.15) is 30.0 Å². The molecule has 0 saturated carbocycles. The fourth-order valence-corrected chi connectivity index (χ4v) is 3.22. The van der Waals surface area contributed by atoms with Crippen molar-refractivity contribution >= 4 is 12.2 Å². The summed E-state index contributed by atoms with van der Waals surface area (Å²) in [5.74, 6) is -2.54. The number of aryl methyl sites for hydroxylation is 1. The summed E-state index contributed by atoms with van der Waals surface area (Å²) in [6.07, 6.45) is -10.5. The van der Waals surface area contributed by atoms with E-state index in [0.29, 0.717) is 0 Å². The van der Waals surface area contributed by atoms with Crippen molar-refractivity contribution in [3.05, 3.63) is 89.2 Å². The average Bonchev–Trinajstić information content (AvgIpc) is 2.79. The molecule has 1 unspecified atom stereocenters. The van der Waals surface area contributed by atoms with Gasteiger partial charge in [-0.3, -0.25) is 0 Å². The second kappa shape index (κ2) is 10.3. The molecule has 0 amide bonds. The van der Waals surface area contributed by atoms with Crippen molar-refractivity contribution in [1.82, 2.24) is 0 Å². The van der Waals surface area contributed by atoms with Gasteiger partial charge in [0.1, 0.15) is 0 Å². The van der Waals surface area contributed by atoms with E-state index in [1.54, 1.807) is 6.08 Å². The average molecular weight is 482 g/mol. The summed E-state index contributed by atoms with van der Waals surface area (Å²) in [6, 6.07) is 18.5. The molecule has 180 valence electrons. The van der Waals surface area contributed by atoms with Crippen LogP contribution < -0.4 is 4.74 Å². The molecule has 34 heavy (non-hydrogen) atoms. The van der Waals surface area contributed by atoms with Crippen LogP contribution in [0, 0.1) is 5.82 Å². The third kappa shape index (κ3) is 6.40. The minimum Gasteiger partial charge on any atom is -0.427 e. The Morgan fingerprint density at radius 1 is 0.794 bits per heavy atom. The Labute approximate surface area is 192 Å². The van der Waals surface area contributed by atoms with Crippen molar-refractivity contribution in [2.75, 3.05) is 0 Å². The van der Waals surface area contributed by atoms with Gasteiger partial charge in [0, 0.05) is 0 Å². The second-order valence-corrected chi connectivity index (χ2v) is 7.66. The molecule has 1 nitrogen and oxygen atoms in total. The maximum Gasteiger partial charge on any atom is 0.439 e. The summed E-state index contributed by atoms with van der Waals surface area (Å²) in [5, 5.41) is 0. The quantitative estimate of drug-likeness (QED) is 0.231. The van der Waals surface area contributed by atoms with Gasteiger partial charge in [-0.05, 0) is 46.4 Å². The Bertz CT molecular complexity index is 1120. The van der Waals surface area contributed by atoms with Crippen LogP contribution in [-0.4, -0.2) is 18.5 Å². The Kier molecular flexibility index (Phi) is 7.69. The van der Waals surface area contributed by atoms with Crippen LogP contribution in [0.25, 0.3) is 23.3 Å². The van der Waals surface area contributed by atoms with E-state index in [1.807, 2.05) is 36.4 Å². The standard InChI is InChI=1S/C26H21F7O/c1-2-3-17-6-11-20(12-7-17)21-13-8-18(9-14-21)4-5-19-10-15-23(22(27)16-19)34-26(32,33)24(28)25(29,30)31/h4-16,24H,2-3H2,1H3. The van der Waals surface area contributed by atoms with E-state index >= 15 is 0 Å². The molecule has 0 aromatic heterocycles. The van der Waals surface area contributed by atoms with E-state index in [-0.39, 0.29) is 5.56 Å². The Balaban J connectivity index is 1.68. The fraction of sp³-hybridized carbons (Fsp3) is 0.231. The molecule has 0 fully saturated rings. The van der Waals surface area contributed by atoms with Gasteiger partial charge in [-0.25, -0.2) is 8.78 Å². The molecule has 0 radical (unpaired) electrons. The van der Waals surface area contributed by atoms with Gasteiger partial charge in [0.25, 0.3) is 6.17 Å². The maximum absolute atomic E-state index is 14.1. The maximum atomic E-state index is 14.1. The molecule has 3 aromatic carbocycles. The lowest BCUT2D eigenvalue weighted by Crippen LogP contribution is -2.45. The second-order valence-electron chi connectivity index (χ2n) is 7.66. The lowest BCUT2D eigenvalue weighted by molar-refractivity contribution is -0.305. The van der Waals surface area contributed by atoms with E-state index in [0.717, 1.165) is 47.7 Å². The molecule has 8 heteroatoms. The highest BCUT2D eigenvalue weighted by Crippen LogP contribution is 2.37. The fourth-order valence-electron chi connectivity index (χ4n) is 3.22. The van der Waals surface area contributed by atoms with Gasteiger partial charge in [-0.2, -0.15) is 22.0 Å². The number of ether oxygens (including phenoxy) is 1. The summed E-state index contributed by atoms with van der Waals surface area (Å²) in [5.41, 5.74) is 4.37. The summed E-state index contributed by atoms with van der Waals surface area (Å²) < 4.78 is 94.0. The van der Waals surface area contributed by atoms with Crippen molar-refractivity contribution in [3.63, 3.8) is 0 Å². The highest BCUT2D eigenvalue weighted by atomic mass is 19.4. The van der Waals surface area contributed by atoms with Crippen LogP contribution in [0.5, 0.6) is 5.75 Å². The van der Waals surface area contributed by atoms with Crippen LogP contribution in [0.3, 0.4) is 0 Å². The lowest BCUT2D eigenvalue weighted by Gasteiger charge is -2.23. The van der Waals surface area contributed by atoms with Crippen molar-refractivity contribution in [2.24, 2.45) is 0 Å². The highest BCUT2D eigenvalue weighted by Gasteiger charge is 2.59. The van der Waals surface area contributed by atoms with Crippen LogP contribution in [-0.2, 0) is 6.42 Å². The zero-order chi connectivity index (χ0) is 24.9. The zero-order valence-electron chi connectivity index (χ0n) is 18.1. The number of hydrogen-bond acceptors (Lipinski definition) is 1. The normalized spacial score (nSPS) is 13.3. The minimum absolute atomic E-state index is 0.247. The molecule has 0 aliphatic carbocycles. The zero-order valence-corrected chi connectivity index (χ0v) is 18.1. The largest absolute Gasteiger partial charge is 0.439 e. The summed E-state index contributed by atoms with van der Waals surface area (Å²) >= 11 is 0. The first-order valence-electron chi connectivity index (χ1n) is 10.4. The number of hydrogen-bond donors (Lipinski definition) is 0. The van der Waals surface area contributed by atoms with Crippen molar-refractivity contribution in [1.29, 1.82) is 0 Å². The molecular formula is C26H21F7O. The Morgan fingerprint density at radius 2 is 1.32 bits per heavy atom. The molecule has 0 spiro atoms. The van der Waals surface area contributed by atoms with Crippen molar-refractivity contribution < 1.29 is 35.5 Å². The van der Waals surface area contributed by atoms with E-state index in [9.17, 15) is 30.7 Å². The summed E-state index contributed by atoms with van der Waals surface area (Å²) in [6.45, 7) is 2.12. The van der Waals surface area contributed by atoms with Gasteiger partial charge in [0.15, 0.2) is 11.6 Å². The number of halogens is 7. The van der Waals surface area contributed by atoms with E-state index in [1.165, 1.54) is 11.6 Å². The molecule has 0 heterocycles. The first-order valence-corrected chi connectivity index (χ1v) is 10.4. The first-order chi connectivity index (χ1) is 16.0. The van der Waals surface area contributed by atoms with Gasteiger partial charge >= 0.3 is 12.3 Å². The number of benzene rings is 3. The first kappa shape index (κ1) is 25.3. The van der Waals surface area contributed by atoms with Gasteiger partial charge in [-0.15, -0.1) is 0 Å². The van der Waals surface area contributed by atoms with E-state index < -0.39 is 30.0 Å². The van der Waals surface area contributed by atoms with Gasteiger partial charge < -0.3 is 4.74 Å². The third-order valence-electron chi connectivity index (χ3n) is 4.99. The van der Waals surface area contributed by atoms with Crippen LogP contribution in [0.15, 0.2) is 66.7 Å². The van der Waals surface area contributed by atoms with Gasteiger partial charge in [0.05, 0.1) is 0 Å². The van der Waals surface area contributed by atoms with Crippen LogP contribution in [0.4, 0.5) is 30.7 Å². The monoisotopic (exact) mass is 482 g/mol. The highest BCUT2D eigenvalue weighted by molar-refractivity contribution is 5.72. The molecule has 0 N–H and O–H groups in total. The Morgan fingerprint density at radius 3 is 1.85 bits per heavy atom. The van der Waals surface area contributed by atoms with Gasteiger partial charge in [-0.1, -0.05) is 80.1 Å². The summed E-state index contributed by atoms with van der Waals surface area (Å²) in [4.78, 5) is 0. The number of rotatable bonds is 8. The lowest BCUT2D eigenvalue weighted by atomic mass is 10.0. The molecule has 0 aliphatic heterocycles. The predicted octanol–water partition coefficient (Wildman–Crippen LogP) is 8.49. The van der Waals surface area contributed by atoms with E-state index in [4.69, 9.17) is 0 Å². The molecular weight excluding hydrogens is 461 g/mol. The predicted molar refractivity (Wildman–Crippen MR) is 118 cm³/mol. The summed E-state index contributed by atoms with van der Waals surface area (Å²) in [7, 11) is 0. The topological polar surface area (TPSA) is 9.23 Å². The smallest absolute Gasteiger partial charge is 0.427 e. The van der Waals surface area contributed by atoms with Gasteiger partial charge in [0.2, 0.25) is 0 Å².